The second-order valence-electron chi connectivity index (χ2n) is 9.74. The Bertz CT molecular complexity index is 1260. The van der Waals surface area contributed by atoms with Crippen LogP contribution in [-0.2, 0) is 28.7 Å². The fraction of sp³-hybridized carbons (Fsp3) is 0.400. The van der Waals surface area contributed by atoms with Gasteiger partial charge in [-0.3, -0.25) is 9.59 Å². The number of benzene rings is 3. The van der Waals surface area contributed by atoms with E-state index >= 15 is 0 Å². The molecule has 0 saturated carbocycles. The van der Waals surface area contributed by atoms with Crippen molar-refractivity contribution < 1.29 is 33.8 Å². The zero-order valence-electron chi connectivity index (χ0n) is 22.3. The predicted molar refractivity (Wildman–Crippen MR) is 145 cm³/mol. The van der Waals surface area contributed by atoms with E-state index < -0.39 is 35.2 Å². The van der Waals surface area contributed by atoms with Crippen molar-refractivity contribution in [1.29, 1.82) is 0 Å². The highest BCUT2D eigenvalue weighted by Gasteiger charge is 2.41. The molecule has 0 heterocycles. The number of hydrogen-bond acceptors (Lipinski definition) is 8. The molecule has 0 aliphatic rings. The SMILES string of the molecule is CCC(CC(C)(CC(C)C(=O)ON=Cc1c2ccccc2cc2ccccc12)C(=O)OC)C(=O)OCCO. The van der Waals surface area contributed by atoms with Gasteiger partial charge in [-0.05, 0) is 53.8 Å². The highest BCUT2D eigenvalue weighted by Crippen LogP contribution is 2.36. The van der Waals surface area contributed by atoms with Crippen molar-refractivity contribution in [2.45, 2.75) is 40.0 Å². The lowest BCUT2D eigenvalue weighted by atomic mass is 9.74. The topological polar surface area (TPSA) is 111 Å². The van der Waals surface area contributed by atoms with Crippen molar-refractivity contribution in [2.24, 2.45) is 22.4 Å². The fourth-order valence-corrected chi connectivity index (χ4v) is 4.87. The van der Waals surface area contributed by atoms with Crippen LogP contribution in [0.5, 0.6) is 0 Å². The van der Waals surface area contributed by atoms with Crippen LogP contribution in [0.3, 0.4) is 0 Å². The summed E-state index contributed by atoms with van der Waals surface area (Å²) in [6.45, 7) is 4.73. The van der Waals surface area contributed by atoms with Gasteiger partial charge < -0.3 is 19.4 Å². The summed E-state index contributed by atoms with van der Waals surface area (Å²) in [7, 11) is 1.27. The number of methoxy groups -OCH3 is 1. The van der Waals surface area contributed by atoms with Crippen LogP contribution in [0.2, 0.25) is 0 Å². The van der Waals surface area contributed by atoms with E-state index in [2.05, 4.69) is 11.2 Å². The predicted octanol–water partition coefficient (Wildman–Crippen LogP) is 5.03. The number of fused-ring (bicyclic) bond motifs is 2. The maximum Gasteiger partial charge on any atom is 0.337 e. The van der Waals surface area contributed by atoms with E-state index in [1.807, 2.05) is 55.5 Å². The van der Waals surface area contributed by atoms with E-state index in [0.717, 1.165) is 27.1 Å². The number of aliphatic hydroxyl groups excluding tert-OH is 1. The number of carbonyl (C=O) groups excluding carboxylic acids is 3. The molecule has 3 atom stereocenters. The van der Waals surface area contributed by atoms with Gasteiger partial charge in [0.15, 0.2) is 0 Å². The molecule has 0 aliphatic carbocycles. The van der Waals surface area contributed by atoms with Gasteiger partial charge in [0.25, 0.3) is 0 Å². The zero-order chi connectivity index (χ0) is 27.7. The maximum atomic E-state index is 12.9. The lowest BCUT2D eigenvalue weighted by Crippen LogP contribution is -2.37. The summed E-state index contributed by atoms with van der Waals surface area (Å²) in [5.41, 5.74) is -0.299. The van der Waals surface area contributed by atoms with Crippen LogP contribution in [0.4, 0.5) is 0 Å². The monoisotopic (exact) mass is 521 g/mol. The van der Waals surface area contributed by atoms with Crippen molar-refractivity contribution >= 4 is 45.7 Å². The highest BCUT2D eigenvalue weighted by atomic mass is 16.7. The van der Waals surface area contributed by atoms with Crippen LogP contribution in [0.25, 0.3) is 21.5 Å². The molecule has 0 bridgehead atoms. The molecule has 0 radical (unpaired) electrons. The molecule has 3 unspecified atom stereocenters. The lowest BCUT2D eigenvalue weighted by Gasteiger charge is -2.31. The Morgan fingerprint density at radius 3 is 2.16 bits per heavy atom. The molecule has 0 aliphatic heterocycles. The fourth-order valence-electron chi connectivity index (χ4n) is 4.87. The molecule has 1 N–H and O–H groups in total. The summed E-state index contributed by atoms with van der Waals surface area (Å²) < 4.78 is 10.1. The van der Waals surface area contributed by atoms with E-state index in [9.17, 15) is 14.4 Å². The average Bonchev–Trinajstić information content (AvgIpc) is 2.93. The van der Waals surface area contributed by atoms with Crippen molar-refractivity contribution in [3.05, 3.63) is 60.2 Å². The first-order chi connectivity index (χ1) is 18.2. The van der Waals surface area contributed by atoms with Gasteiger partial charge in [0, 0.05) is 5.56 Å². The van der Waals surface area contributed by atoms with Crippen LogP contribution in [-0.4, -0.2) is 49.6 Å². The Morgan fingerprint density at radius 1 is 1.00 bits per heavy atom. The quantitative estimate of drug-likeness (QED) is 0.117. The molecule has 0 fully saturated rings. The van der Waals surface area contributed by atoms with Gasteiger partial charge in [-0.1, -0.05) is 67.5 Å². The molecular formula is C30H35NO7. The smallest absolute Gasteiger partial charge is 0.337 e. The van der Waals surface area contributed by atoms with Gasteiger partial charge >= 0.3 is 17.9 Å². The highest BCUT2D eigenvalue weighted by molar-refractivity contribution is 6.13. The Balaban J connectivity index is 1.76. The summed E-state index contributed by atoms with van der Waals surface area (Å²) in [5, 5.41) is 17.0. The number of oxime groups is 1. The average molecular weight is 522 g/mol. The largest absolute Gasteiger partial charge is 0.469 e. The number of carbonyl (C=O) groups is 3. The van der Waals surface area contributed by atoms with Crippen LogP contribution in [0.1, 0.15) is 45.6 Å². The third kappa shape index (κ3) is 6.75. The van der Waals surface area contributed by atoms with E-state index in [0.29, 0.717) is 6.42 Å². The first-order valence-electron chi connectivity index (χ1n) is 12.7. The van der Waals surface area contributed by atoms with E-state index in [-0.39, 0.29) is 26.1 Å². The molecule has 3 aromatic rings. The lowest BCUT2D eigenvalue weighted by molar-refractivity contribution is -0.159. The number of rotatable bonds is 12. The van der Waals surface area contributed by atoms with E-state index in [1.54, 1.807) is 20.1 Å². The standard InChI is InChI=1S/C30H35NO7/c1-5-21(28(34)37-15-14-32)18-30(3,29(35)36-4)17-20(2)27(33)38-31-19-26-24-12-8-6-10-22(24)16-23-11-7-9-13-25(23)26/h6-13,16,19-21,32H,5,14-15,17-18H2,1-4H3. The third-order valence-corrected chi connectivity index (χ3v) is 6.83. The molecule has 202 valence electrons. The Kier molecular flexibility index (Phi) is 9.96. The summed E-state index contributed by atoms with van der Waals surface area (Å²) in [6, 6.07) is 17.9. The van der Waals surface area contributed by atoms with Gasteiger partial charge in [0.05, 0.1) is 37.2 Å². The van der Waals surface area contributed by atoms with Crippen LogP contribution >= 0.6 is 0 Å². The number of ether oxygens (including phenoxy) is 2. The van der Waals surface area contributed by atoms with Crippen molar-refractivity contribution in [3.63, 3.8) is 0 Å². The van der Waals surface area contributed by atoms with Crippen molar-refractivity contribution in [2.75, 3.05) is 20.3 Å². The number of hydrogen-bond donors (Lipinski definition) is 1. The summed E-state index contributed by atoms with van der Waals surface area (Å²) in [5.74, 6) is -2.93. The normalized spacial score (nSPS) is 14.7. The number of aliphatic hydroxyl groups is 1. The van der Waals surface area contributed by atoms with Crippen molar-refractivity contribution in [3.8, 4) is 0 Å². The van der Waals surface area contributed by atoms with Gasteiger partial charge in [-0.15, -0.1) is 0 Å². The van der Waals surface area contributed by atoms with Crippen LogP contribution in [0, 0.1) is 17.3 Å². The van der Waals surface area contributed by atoms with Crippen LogP contribution in [0.15, 0.2) is 59.8 Å². The summed E-state index contributed by atoms with van der Waals surface area (Å²) in [4.78, 5) is 43.3. The zero-order valence-corrected chi connectivity index (χ0v) is 22.3. The second-order valence-corrected chi connectivity index (χ2v) is 9.74. The Hall–Kier alpha value is -3.78. The molecule has 0 aromatic heterocycles. The maximum absolute atomic E-state index is 12.9. The number of nitrogens with zero attached hydrogens (tertiary/aromatic N) is 1. The molecule has 3 rings (SSSR count). The molecule has 0 spiro atoms. The first kappa shape index (κ1) is 28.8. The Morgan fingerprint density at radius 2 is 1.61 bits per heavy atom. The van der Waals surface area contributed by atoms with E-state index in [1.165, 1.54) is 7.11 Å². The minimum absolute atomic E-state index is 0.0923. The molecule has 8 heteroatoms. The van der Waals surface area contributed by atoms with Crippen LogP contribution < -0.4 is 0 Å². The number of esters is 2. The van der Waals surface area contributed by atoms with Gasteiger partial charge in [0.1, 0.15) is 6.61 Å². The molecule has 8 nitrogen and oxygen atoms in total. The van der Waals surface area contributed by atoms with E-state index in [4.69, 9.17) is 19.4 Å². The molecule has 3 aromatic carbocycles. The minimum atomic E-state index is -1.14. The third-order valence-electron chi connectivity index (χ3n) is 6.83. The molecular weight excluding hydrogens is 486 g/mol. The van der Waals surface area contributed by atoms with Gasteiger partial charge in [0.2, 0.25) is 0 Å². The Labute approximate surface area is 222 Å². The molecule has 0 saturated heterocycles. The summed E-state index contributed by atoms with van der Waals surface area (Å²) >= 11 is 0. The van der Waals surface area contributed by atoms with Gasteiger partial charge in [-0.2, -0.15) is 0 Å². The first-order valence-corrected chi connectivity index (χ1v) is 12.7. The molecule has 38 heavy (non-hydrogen) atoms. The summed E-state index contributed by atoms with van der Waals surface area (Å²) in [6.07, 6.45) is 2.19. The van der Waals surface area contributed by atoms with Crippen molar-refractivity contribution in [1.82, 2.24) is 0 Å². The minimum Gasteiger partial charge on any atom is -0.469 e. The molecule has 0 amide bonds. The van der Waals surface area contributed by atoms with Gasteiger partial charge in [-0.25, -0.2) is 4.79 Å². The second kappa shape index (κ2) is 13.1.